The summed E-state index contributed by atoms with van der Waals surface area (Å²) in [6, 6.07) is 1.91. The van der Waals surface area contributed by atoms with Crippen molar-refractivity contribution in [2.45, 2.75) is 32.6 Å². The first-order valence-electron chi connectivity index (χ1n) is 8.03. The molecule has 0 radical (unpaired) electrons. The van der Waals surface area contributed by atoms with Crippen LogP contribution < -0.4 is 10.6 Å². The van der Waals surface area contributed by atoms with E-state index < -0.39 is 11.7 Å². The van der Waals surface area contributed by atoms with Gasteiger partial charge in [0.25, 0.3) is 5.91 Å². The second-order valence-electron chi connectivity index (χ2n) is 6.25. The maximum absolute atomic E-state index is 12.6. The first-order chi connectivity index (χ1) is 11.8. The molecule has 1 amide bonds. The lowest BCUT2D eigenvalue weighted by atomic mass is 10.1. The van der Waals surface area contributed by atoms with E-state index in [0.29, 0.717) is 18.0 Å². The molecule has 0 bridgehead atoms. The van der Waals surface area contributed by atoms with Gasteiger partial charge in [-0.2, -0.15) is 18.3 Å². The van der Waals surface area contributed by atoms with E-state index in [4.69, 9.17) is 0 Å². The van der Waals surface area contributed by atoms with Crippen LogP contribution in [0.5, 0.6) is 0 Å². The lowest BCUT2D eigenvalue weighted by Crippen LogP contribution is -2.29. The Morgan fingerprint density at radius 3 is 3.00 bits per heavy atom. The van der Waals surface area contributed by atoms with Crippen molar-refractivity contribution in [3.8, 4) is 0 Å². The molecule has 136 valence electrons. The van der Waals surface area contributed by atoms with Crippen molar-refractivity contribution in [2.24, 2.45) is 5.92 Å². The van der Waals surface area contributed by atoms with Gasteiger partial charge in [-0.3, -0.25) is 9.48 Å². The molecule has 1 atom stereocenters. The maximum Gasteiger partial charge on any atom is 0.419 e. The Morgan fingerprint density at radius 2 is 2.32 bits per heavy atom. The van der Waals surface area contributed by atoms with Gasteiger partial charge in [-0.25, -0.2) is 0 Å². The van der Waals surface area contributed by atoms with E-state index in [0.717, 1.165) is 31.9 Å². The molecule has 3 heterocycles. The fraction of sp³-hybridized carbons (Fsp3) is 0.500. The molecule has 0 aromatic carbocycles. The van der Waals surface area contributed by atoms with Gasteiger partial charge in [-0.1, -0.05) is 6.92 Å². The molecule has 0 fully saturated rings. The molecular weight excluding hydrogens is 353 g/mol. The molecule has 1 unspecified atom stereocenters. The van der Waals surface area contributed by atoms with Crippen molar-refractivity contribution in [3.63, 3.8) is 0 Å². The van der Waals surface area contributed by atoms with Crippen molar-refractivity contribution in [1.82, 2.24) is 20.4 Å². The first-order valence-corrected chi connectivity index (χ1v) is 8.84. The summed E-state index contributed by atoms with van der Waals surface area (Å²) in [4.78, 5) is 14.2. The smallest absolute Gasteiger partial charge is 0.351 e. The molecule has 2 N–H and O–H groups in total. The topological polar surface area (TPSA) is 59.0 Å². The zero-order chi connectivity index (χ0) is 18.0. The predicted octanol–water partition coefficient (Wildman–Crippen LogP) is 2.68. The van der Waals surface area contributed by atoms with Crippen LogP contribution >= 0.6 is 11.3 Å². The highest BCUT2D eigenvalue weighted by molar-refractivity contribution is 7.14. The number of carbonyl (C=O) groups is 1. The Morgan fingerprint density at radius 1 is 1.52 bits per heavy atom. The third-order valence-electron chi connectivity index (χ3n) is 4.04. The largest absolute Gasteiger partial charge is 0.419 e. The minimum atomic E-state index is -4.39. The van der Waals surface area contributed by atoms with E-state index >= 15 is 0 Å². The van der Waals surface area contributed by atoms with E-state index in [1.165, 1.54) is 26.5 Å². The van der Waals surface area contributed by atoms with Crippen molar-refractivity contribution in [2.75, 3.05) is 13.1 Å². The molecular formula is C16H19F3N4OS. The summed E-state index contributed by atoms with van der Waals surface area (Å²) in [7, 11) is 0. The molecule has 0 spiro atoms. The molecule has 9 heteroatoms. The zero-order valence-corrected chi connectivity index (χ0v) is 14.5. The Balaban J connectivity index is 1.51. The highest BCUT2D eigenvalue weighted by atomic mass is 32.1. The second-order valence-corrected chi connectivity index (χ2v) is 7.39. The Labute approximate surface area is 147 Å². The summed E-state index contributed by atoms with van der Waals surface area (Å²) >= 11 is 1.51. The molecule has 0 saturated heterocycles. The molecule has 3 rings (SSSR count). The van der Waals surface area contributed by atoms with Crippen molar-refractivity contribution in [3.05, 3.63) is 39.3 Å². The van der Waals surface area contributed by atoms with E-state index in [9.17, 15) is 18.0 Å². The second kappa shape index (κ2) is 7.17. The number of halogens is 3. The van der Waals surface area contributed by atoms with E-state index in [1.54, 1.807) is 0 Å². The monoisotopic (exact) mass is 372 g/mol. The number of carbonyl (C=O) groups excluding carboxylic acids is 1. The Hall–Kier alpha value is -1.87. The maximum atomic E-state index is 12.6. The van der Waals surface area contributed by atoms with Crippen LogP contribution in [-0.2, 0) is 25.7 Å². The van der Waals surface area contributed by atoms with Gasteiger partial charge in [0.2, 0.25) is 0 Å². The van der Waals surface area contributed by atoms with Crippen molar-refractivity contribution >= 4 is 17.2 Å². The van der Waals surface area contributed by atoms with Crippen LogP contribution in [0.4, 0.5) is 13.2 Å². The van der Waals surface area contributed by atoms with E-state index in [1.807, 2.05) is 13.0 Å². The SMILES string of the molecule is CC(CNC(=O)c1cc2c(s1)CCNC2)Cn1cc(C(F)(F)F)cn1. The Kier molecular flexibility index (Phi) is 5.14. The molecule has 2 aromatic rings. The summed E-state index contributed by atoms with van der Waals surface area (Å²) in [5.74, 6) is -0.177. The summed E-state index contributed by atoms with van der Waals surface area (Å²) in [5.41, 5.74) is 0.409. The standard InChI is InChI=1S/C16H19F3N4OS/c1-10(8-23-9-12(7-22-23)16(17,18)19)5-21-15(24)14-4-11-6-20-3-2-13(11)25-14/h4,7,9-10,20H,2-3,5-6,8H2,1H3,(H,21,24). The number of nitrogens with zero attached hydrogens (tertiary/aromatic N) is 2. The van der Waals surface area contributed by atoms with Crippen LogP contribution in [0.15, 0.2) is 18.5 Å². The predicted molar refractivity (Wildman–Crippen MR) is 88.5 cm³/mol. The lowest BCUT2D eigenvalue weighted by molar-refractivity contribution is -0.137. The van der Waals surface area contributed by atoms with Gasteiger partial charge in [-0.15, -0.1) is 11.3 Å². The van der Waals surface area contributed by atoms with Crippen molar-refractivity contribution in [1.29, 1.82) is 0 Å². The average Bonchev–Trinajstić information content (AvgIpc) is 3.18. The highest BCUT2D eigenvalue weighted by Crippen LogP contribution is 2.28. The van der Waals surface area contributed by atoms with Gasteiger partial charge in [0, 0.05) is 37.3 Å². The number of thiophene rings is 1. The fourth-order valence-electron chi connectivity index (χ4n) is 2.71. The quantitative estimate of drug-likeness (QED) is 0.848. The van der Waals surface area contributed by atoms with Crippen LogP contribution in [0.1, 0.15) is 32.6 Å². The summed E-state index contributed by atoms with van der Waals surface area (Å²) < 4.78 is 39.0. The molecule has 2 aromatic heterocycles. The van der Waals surface area contributed by atoms with Crippen LogP contribution in [0.25, 0.3) is 0 Å². The number of aromatic nitrogens is 2. The number of amides is 1. The summed E-state index contributed by atoms with van der Waals surface area (Å²) in [6.45, 7) is 4.26. The van der Waals surface area contributed by atoms with Gasteiger partial charge >= 0.3 is 6.18 Å². The normalized spacial score (nSPS) is 15.7. The van der Waals surface area contributed by atoms with Crippen molar-refractivity contribution < 1.29 is 18.0 Å². The fourth-order valence-corrected chi connectivity index (χ4v) is 3.81. The minimum absolute atomic E-state index is 0.0406. The van der Waals surface area contributed by atoms with Gasteiger partial charge in [-0.05, 0) is 24.0 Å². The lowest BCUT2D eigenvalue weighted by Gasteiger charge is -2.12. The molecule has 5 nitrogen and oxygen atoms in total. The molecule has 1 aliphatic heterocycles. The number of hydrogen-bond donors (Lipinski definition) is 2. The average molecular weight is 372 g/mol. The van der Waals surface area contributed by atoms with Crippen LogP contribution in [0.2, 0.25) is 0 Å². The van der Waals surface area contributed by atoms with Crippen LogP contribution in [0, 0.1) is 5.92 Å². The molecule has 0 saturated carbocycles. The van der Waals surface area contributed by atoms with E-state index in [-0.39, 0.29) is 11.8 Å². The van der Waals surface area contributed by atoms with Crippen LogP contribution in [0.3, 0.4) is 0 Å². The highest BCUT2D eigenvalue weighted by Gasteiger charge is 2.32. The number of alkyl halides is 3. The van der Waals surface area contributed by atoms with E-state index in [2.05, 4.69) is 15.7 Å². The molecule has 0 aliphatic carbocycles. The number of rotatable bonds is 5. The minimum Gasteiger partial charge on any atom is -0.351 e. The van der Waals surface area contributed by atoms with Gasteiger partial charge < -0.3 is 10.6 Å². The Bertz CT molecular complexity index is 729. The van der Waals surface area contributed by atoms with Crippen LogP contribution in [-0.4, -0.2) is 28.8 Å². The van der Waals surface area contributed by atoms with Gasteiger partial charge in [0.15, 0.2) is 0 Å². The van der Waals surface area contributed by atoms with Gasteiger partial charge in [0.05, 0.1) is 16.6 Å². The third kappa shape index (κ3) is 4.40. The molecule has 1 aliphatic rings. The third-order valence-corrected chi connectivity index (χ3v) is 5.27. The summed E-state index contributed by atoms with van der Waals surface area (Å²) in [6.07, 6.45) is -1.65. The van der Waals surface area contributed by atoms with Gasteiger partial charge in [0.1, 0.15) is 0 Å². The zero-order valence-electron chi connectivity index (χ0n) is 13.7. The molecule has 25 heavy (non-hydrogen) atoms. The first kappa shape index (κ1) is 17.9. The summed E-state index contributed by atoms with van der Waals surface area (Å²) in [5, 5.41) is 9.85. The number of nitrogens with one attached hydrogen (secondary N) is 2. The number of hydrogen-bond acceptors (Lipinski definition) is 4. The number of fused-ring (bicyclic) bond motifs is 1.